The summed E-state index contributed by atoms with van der Waals surface area (Å²) in [6.07, 6.45) is 1.31. The molecule has 100 valence electrons. The van der Waals surface area contributed by atoms with Crippen LogP contribution in [-0.2, 0) is 6.54 Å². The number of nitrogen functional groups attached to an aromatic ring is 1. The molecule has 1 unspecified atom stereocenters. The lowest BCUT2D eigenvalue weighted by molar-refractivity contribution is 0.226. The summed E-state index contributed by atoms with van der Waals surface area (Å²) in [5, 5.41) is 0. The first-order chi connectivity index (χ1) is 8.36. The minimum Gasteiger partial charge on any atom is -0.398 e. The summed E-state index contributed by atoms with van der Waals surface area (Å²) in [5.41, 5.74) is 8.62. The van der Waals surface area contributed by atoms with Crippen LogP contribution in [0.1, 0.15) is 32.8 Å². The number of hydrogen-bond donors (Lipinski definition) is 1. The number of hydrogen-bond acceptors (Lipinski definition) is 2. The van der Waals surface area contributed by atoms with Gasteiger partial charge in [0.1, 0.15) is 0 Å². The lowest BCUT2D eigenvalue weighted by Gasteiger charge is -2.27. The van der Waals surface area contributed by atoms with Crippen LogP contribution in [0.5, 0.6) is 0 Å². The van der Waals surface area contributed by atoms with E-state index in [1.165, 1.54) is 25.1 Å². The molecular formula is C15H23BrN2. The summed E-state index contributed by atoms with van der Waals surface area (Å²) in [6, 6.07) is 6.19. The standard InChI is InChI=1S/C15H23BrN2/c1-15(2,3)12-6-7-18(10-12)9-11-4-5-13(16)8-14(11)17/h4-5,8,12H,6-7,9-10,17H2,1-3H3. The molecule has 0 aromatic heterocycles. The van der Waals surface area contributed by atoms with E-state index >= 15 is 0 Å². The molecule has 2 N–H and O–H groups in total. The SMILES string of the molecule is CC(C)(C)C1CCN(Cc2ccc(Br)cc2N)C1. The zero-order valence-corrected chi connectivity index (χ0v) is 13.1. The van der Waals surface area contributed by atoms with E-state index in [1.807, 2.05) is 6.07 Å². The normalized spacial score (nSPS) is 21.4. The molecule has 1 fully saturated rings. The number of benzene rings is 1. The van der Waals surface area contributed by atoms with Gasteiger partial charge in [-0.25, -0.2) is 0 Å². The van der Waals surface area contributed by atoms with Gasteiger partial charge in [0.25, 0.3) is 0 Å². The summed E-state index contributed by atoms with van der Waals surface area (Å²) in [6.45, 7) is 10.4. The van der Waals surface area contributed by atoms with Crippen LogP contribution in [0.3, 0.4) is 0 Å². The van der Waals surface area contributed by atoms with E-state index in [-0.39, 0.29) is 0 Å². The van der Waals surface area contributed by atoms with Crippen LogP contribution in [0.4, 0.5) is 5.69 Å². The molecule has 0 aliphatic carbocycles. The highest BCUT2D eigenvalue weighted by Gasteiger charge is 2.31. The predicted molar refractivity (Wildman–Crippen MR) is 81.4 cm³/mol. The van der Waals surface area contributed by atoms with Gasteiger partial charge >= 0.3 is 0 Å². The number of rotatable bonds is 2. The Hall–Kier alpha value is -0.540. The van der Waals surface area contributed by atoms with Crippen molar-refractivity contribution in [3.05, 3.63) is 28.2 Å². The van der Waals surface area contributed by atoms with Gasteiger partial charge in [-0.3, -0.25) is 4.90 Å². The van der Waals surface area contributed by atoms with Gasteiger partial charge in [0.15, 0.2) is 0 Å². The molecule has 2 rings (SSSR count). The second kappa shape index (κ2) is 5.22. The highest BCUT2D eigenvalue weighted by atomic mass is 79.9. The van der Waals surface area contributed by atoms with Crippen LogP contribution in [0.25, 0.3) is 0 Å². The first-order valence-corrected chi connectivity index (χ1v) is 7.42. The van der Waals surface area contributed by atoms with Crippen LogP contribution >= 0.6 is 15.9 Å². The Morgan fingerprint density at radius 1 is 1.39 bits per heavy atom. The Labute approximate surface area is 119 Å². The summed E-state index contributed by atoms with van der Waals surface area (Å²) in [4.78, 5) is 2.52. The fourth-order valence-corrected chi connectivity index (χ4v) is 3.01. The van der Waals surface area contributed by atoms with Gasteiger partial charge in [-0.2, -0.15) is 0 Å². The molecular weight excluding hydrogens is 288 g/mol. The van der Waals surface area contributed by atoms with Crippen molar-refractivity contribution < 1.29 is 0 Å². The Morgan fingerprint density at radius 2 is 2.11 bits per heavy atom. The highest BCUT2D eigenvalue weighted by molar-refractivity contribution is 9.10. The molecule has 1 heterocycles. The summed E-state index contributed by atoms with van der Waals surface area (Å²) < 4.78 is 1.05. The fourth-order valence-electron chi connectivity index (χ4n) is 2.63. The van der Waals surface area contributed by atoms with E-state index in [0.29, 0.717) is 5.41 Å². The molecule has 18 heavy (non-hydrogen) atoms. The Kier molecular flexibility index (Phi) is 4.02. The van der Waals surface area contributed by atoms with Crippen molar-refractivity contribution >= 4 is 21.6 Å². The third-order valence-corrected chi connectivity index (χ3v) is 4.49. The molecule has 0 bridgehead atoms. The molecule has 1 saturated heterocycles. The van der Waals surface area contributed by atoms with Crippen molar-refractivity contribution in [2.24, 2.45) is 11.3 Å². The van der Waals surface area contributed by atoms with E-state index < -0.39 is 0 Å². The van der Waals surface area contributed by atoms with Crippen LogP contribution < -0.4 is 5.73 Å². The van der Waals surface area contributed by atoms with E-state index in [4.69, 9.17) is 5.73 Å². The van der Waals surface area contributed by atoms with E-state index in [0.717, 1.165) is 22.6 Å². The average Bonchev–Trinajstić information content (AvgIpc) is 2.70. The van der Waals surface area contributed by atoms with Gasteiger partial charge in [0.05, 0.1) is 0 Å². The monoisotopic (exact) mass is 310 g/mol. The van der Waals surface area contributed by atoms with Crippen molar-refractivity contribution in [3.63, 3.8) is 0 Å². The van der Waals surface area contributed by atoms with Crippen LogP contribution in [-0.4, -0.2) is 18.0 Å². The van der Waals surface area contributed by atoms with Crippen molar-refractivity contribution in [2.75, 3.05) is 18.8 Å². The quantitative estimate of drug-likeness (QED) is 0.839. The van der Waals surface area contributed by atoms with Crippen LogP contribution in [0.15, 0.2) is 22.7 Å². The maximum absolute atomic E-state index is 6.06. The molecule has 0 radical (unpaired) electrons. The maximum atomic E-state index is 6.06. The molecule has 1 aromatic rings. The van der Waals surface area contributed by atoms with Gasteiger partial charge in [0.2, 0.25) is 0 Å². The van der Waals surface area contributed by atoms with Crippen molar-refractivity contribution in [2.45, 2.75) is 33.7 Å². The van der Waals surface area contributed by atoms with Gasteiger partial charge in [-0.15, -0.1) is 0 Å². The molecule has 1 aliphatic rings. The first-order valence-electron chi connectivity index (χ1n) is 6.62. The molecule has 2 nitrogen and oxygen atoms in total. The van der Waals surface area contributed by atoms with E-state index in [2.05, 4.69) is 53.7 Å². The molecule has 1 aromatic carbocycles. The van der Waals surface area contributed by atoms with E-state index in [1.54, 1.807) is 0 Å². The third kappa shape index (κ3) is 3.27. The Balaban J connectivity index is 1.99. The zero-order chi connectivity index (χ0) is 13.3. The van der Waals surface area contributed by atoms with Crippen molar-refractivity contribution in [3.8, 4) is 0 Å². The van der Waals surface area contributed by atoms with E-state index in [9.17, 15) is 0 Å². The minimum atomic E-state index is 0.417. The molecule has 1 atom stereocenters. The van der Waals surface area contributed by atoms with Crippen molar-refractivity contribution in [1.29, 1.82) is 0 Å². The first kappa shape index (κ1) is 13.9. The highest BCUT2D eigenvalue weighted by Crippen LogP contribution is 2.34. The lowest BCUT2D eigenvalue weighted by Crippen LogP contribution is -2.26. The molecule has 3 heteroatoms. The average molecular weight is 311 g/mol. The maximum Gasteiger partial charge on any atom is 0.0371 e. The van der Waals surface area contributed by atoms with Gasteiger partial charge in [-0.05, 0) is 42.0 Å². The molecule has 0 saturated carbocycles. The number of anilines is 1. The van der Waals surface area contributed by atoms with Crippen molar-refractivity contribution in [1.82, 2.24) is 4.90 Å². The minimum absolute atomic E-state index is 0.417. The largest absolute Gasteiger partial charge is 0.398 e. The van der Waals surface area contributed by atoms with Gasteiger partial charge in [-0.1, -0.05) is 42.8 Å². The molecule has 0 amide bonds. The summed E-state index contributed by atoms with van der Waals surface area (Å²) in [7, 11) is 0. The lowest BCUT2D eigenvalue weighted by atomic mass is 9.80. The number of halogens is 1. The van der Waals surface area contributed by atoms with Gasteiger partial charge < -0.3 is 5.73 Å². The van der Waals surface area contributed by atoms with Crippen LogP contribution in [0, 0.1) is 11.3 Å². The topological polar surface area (TPSA) is 29.3 Å². The second-order valence-corrected chi connectivity index (χ2v) is 7.35. The Bertz CT molecular complexity index is 423. The third-order valence-electron chi connectivity index (χ3n) is 4.00. The number of nitrogens with two attached hydrogens (primary N) is 1. The number of nitrogens with zero attached hydrogens (tertiary/aromatic N) is 1. The number of likely N-dealkylation sites (tertiary alicyclic amines) is 1. The fraction of sp³-hybridized carbons (Fsp3) is 0.600. The van der Waals surface area contributed by atoms with Gasteiger partial charge in [0, 0.05) is 23.2 Å². The zero-order valence-electron chi connectivity index (χ0n) is 11.5. The second-order valence-electron chi connectivity index (χ2n) is 6.43. The Morgan fingerprint density at radius 3 is 2.67 bits per heavy atom. The van der Waals surface area contributed by atoms with Crippen LogP contribution in [0.2, 0.25) is 0 Å². The molecule has 0 spiro atoms. The molecule has 1 aliphatic heterocycles. The summed E-state index contributed by atoms with van der Waals surface area (Å²) >= 11 is 3.45. The summed E-state index contributed by atoms with van der Waals surface area (Å²) in [5.74, 6) is 0.800. The smallest absolute Gasteiger partial charge is 0.0371 e. The predicted octanol–water partition coefficient (Wildman–Crippen LogP) is 3.90.